The lowest BCUT2D eigenvalue weighted by Crippen LogP contribution is -2.48. The molecule has 0 saturated heterocycles. The van der Waals surface area contributed by atoms with Crippen LogP contribution in [0.15, 0.2) is 0 Å². The number of nitrogens with one attached hydrogen (secondary N) is 1. The van der Waals surface area contributed by atoms with E-state index in [2.05, 4.69) is 5.32 Å². The molecule has 0 aromatic rings. The molecule has 0 spiro atoms. The summed E-state index contributed by atoms with van der Waals surface area (Å²) in [7, 11) is 1.55. The summed E-state index contributed by atoms with van der Waals surface area (Å²) in [6.45, 7) is 1.88. The fraction of sp³-hybridized carbons (Fsp3) is 0.842. The second-order valence-electron chi connectivity index (χ2n) is 8.43. The highest BCUT2D eigenvalue weighted by Gasteiger charge is 2.51. The molecule has 0 heterocycles. The van der Waals surface area contributed by atoms with Crippen LogP contribution in [-0.2, 0) is 19.1 Å². The van der Waals surface area contributed by atoms with Gasteiger partial charge in [-0.2, -0.15) is 0 Å². The molecule has 0 aromatic heterocycles. The normalized spacial score (nSPS) is 32.3. The van der Waals surface area contributed by atoms with E-state index in [4.69, 9.17) is 4.74 Å². The van der Waals surface area contributed by atoms with Gasteiger partial charge in [-0.3, -0.25) is 14.4 Å². The highest BCUT2D eigenvalue weighted by molar-refractivity contribution is 5.87. The Morgan fingerprint density at radius 1 is 1.08 bits per heavy atom. The fourth-order valence-electron chi connectivity index (χ4n) is 5.71. The van der Waals surface area contributed by atoms with E-state index in [1.54, 1.807) is 14.0 Å². The first-order chi connectivity index (χ1) is 11.9. The molecule has 140 valence electrons. The lowest BCUT2D eigenvalue weighted by Gasteiger charge is -2.56. The van der Waals surface area contributed by atoms with Gasteiger partial charge in [0, 0.05) is 13.5 Å². The van der Waals surface area contributed by atoms with Crippen LogP contribution in [0.3, 0.4) is 0 Å². The summed E-state index contributed by atoms with van der Waals surface area (Å²) in [4.78, 5) is 37.2. The second kappa shape index (κ2) is 7.34. The molecule has 25 heavy (non-hydrogen) atoms. The lowest BCUT2D eigenvalue weighted by atomic mass is 9.49. The molecular weight excluding hydrogens is 320 g/mol. The standard InChI is InChI=1S/C19H30N2O4/c1-3-25-18(24)12-21(2)17(23)11-20-16(22)10-19-7-13-4-14(8-19)6-15(5-13)9-19/h13-15H,3-12H2,1-2H3,(H,20,22). The van der Waals surface area contributed by atoms with Gasteiger partial charge in [0.25, 0.3) is 0 Å². The fourth-order valence-corrected chi connectivity index (χ4v) is 5.71. The first kappa shape index (κ1) is 18.2. The number of esters is 1. The summed E-state index contributed by atoms with van der Waals surface area (Å²) in [6, 6.07) is 0. The van der Waals surface area contributed by atoms with Gasteiger partial charge in [-0.1, -0.05) is 0 Å². The molecule has 4 fully saturated rings. The van der Waals surface area contributed by atoms with Gasteiger partial charge in [-0.15, -0.1) is 0 Å². The highest BCUT2D eigenvalue weighted by Crippen LogP contribution is 2.61. The largest absolute Gasteiger partial charge is 0.465 e. The van der Waals surface area contributed by atoms with Gasteiger partial charge in [-0.05, 0) is 68.6 Å². The molecule has 6 heteroatoms. The summed E-state index contributed by atoms with van der Waals surface area (Å²) in [5.74, 6) is 1.72. The molecule has 4 rings (SSSR count). The Hall–Kier alpha value is -1.59. The van der Waals surface area contributed by atoms with Gasteiger partial charge >= 0.3 is 5.97 Å². The molecule has 0 unspecified atom stereocenters. The molecule has 4 aliphatic carbocycles. The third-order valence-electron chi connectivity index (χ3n) is 6.23. The highest BCUT2D eigenvalue weighted by atomic mass is 16.5. The molecule has 0 aromatic carbocycles. The Bertz CT molecular complexity index is 510. The molecular formula is C19H30N2O4. The first-order valence-corrected chi connectivity index (χ1v) is 9.55. The maximum Gasteiger partial charge on any atom is 0.325 e. The Morgan fingerprint density at radius 2 is 1.64 bits per heavy atom. The van der Waals surface area contributed by atoms with Gasteiger partial charge in [-0.25, -0.2) is 0 Å². The maximum atomic E-state index is 12.4. The van der Waals surface area contributed by atoms with Gasteiger partial charge in [0.15, 0.2) is 0 Å². The van der Waals surface area contributed by atoms with E-state index >= 15 is 0 Å². The van der Waals surface area contributed by atoms with Crippen molar-refractivity contribution in [3.8, 4) is 0 Å². The molecule has 4 bridgehead atoms. The molecule has 0 aliphatic heterocycles. The zero-order chi connectivity index (χ0) is 18.0. The van der Waals surface area contributed by atoms with Crippen molar-refractivity contribution in [1.82, 2.24) is 10.2 Å². The van der Waals surface area contributed by atoms with Crippen LogP contribution >= 0.6 is 0 Å². The molecule has 2 amide bonds. The van der Waals surface area contributed by atoms with E-state index in [0.29, 0.717) is 13.0 Å². The molecule has 0 radical (unpaired) electrons. The van der Waals surface area contributed by atoms with Crippen LogP contribution in [0.2, 0.25) is 0 Å². The van der Waals surface area contributed by atoms with Crippen LogP contribution in [-0.4, -0.2) is 49.4 Å². The number of rotatable bonds is 7. The number of ether oxygens (including phenoxy) is 1. The van der Waals surface area contributed by atoms with Gasteiger partial charge < -0.3 is 15.0 Å². The maximum absolute atomic E-state index is 12.4. The molecule has 0 atom stereocenters. The second-order valence-corrected chi connectivity index (χ2v) is 8.43. The van der Waals surface area contributed by atoms with Crippen molar-refractivity contribution in [2.45, 2.75) is 51.9 Å². The summed E-state index contributed by atoms with van der Waals surface area (Å²) < 4.78 is 4.83. The van der Waals surface area contributed by atoms with Crippen LogP contribution in [0.25, 0.3) is 0 Å². The van der Waals surface area contributed by atoms with Gasteiger partial charge in [0.05, 0.1) is 13.2 Å². The van der Waals surface area contributed by atoms with Crippen molar-refractivity contribution in [1.29, 1.82) is 0 Å². The summed E-state index contributed by atoms with van der Waals surface area (Å²) in [5, 5.41) is 2.76. The van der Waals surface area contributed by atoms with Gasteiger partial charge in [0.2, 0.25) is 11.8 Å². The van der Waals surface area contributed by atoms with E-state index in [9.17, 15) is 14.4 Å². The number of likely N-dealkylation sites (N-methyl/N-ethyl adjacent to an activating group) is 1. The summed E-state index contributed by atoms with van der Waals surface area (Å²) in [6.07, 6.45) is 8.18. The summed E-state index contributed by atoms with van der Waals surface area (Å²) in [5.41, 5.74) is 0.179. The average molecular weight is 350 g/mol. The number of hydrogen-bond acceptors (Lipinski definition) is 4. The Morgan fingerprint density at radius 3 is 2.16 bits per heavy atom. The van der Waals surface area contributed by atoms with Crippen LogP contribution < -0.4 is 5.32 Å². The smallest absolute Gasteiger partial charge is 0.325 e. The topological polar surface area (TPSA) is 75.7 Å². The molecule has 4 saturated carbocycles. The van der Waals surface area contributed by atoms with Gasteiger partial charge in [0.1, 0.15) is 6.54 Å². The lowest BCUT2D eigenvalue weighted by molar-refractivity contribution is -0.148. The minimum absolute atomic E-state index is 0.0279. The minimum atomic E-state index is -0.432. The number of amides is 2. The molecule has 4 aliphatic rings. The van der Waals surface area contributed by atoms with Crippen LogP contribution in [0.1, 0.15) is 51.9 Å². The zero-order valence-corrected chi connectivity index (χ0v) is 15.4. The predicted octanol–water partition coefficient (Wildman–Crippen LogP) is 1.73. The molecule has 6 nitrogen and oxygen atoms in total. The Labute approximate surface area is 149 Å². The average Bonchev–Trinajstić information content (AvgIpc) is 2.50. The Balaban J connectivity index is 1.44. The SMILES string of the molecule is CCOC(=O)CN(C)C(=O)CNC(=O)CC12CC3CC(CC(C3)C1)C2. The van der Waals surface area contributed by atoms with Crippen molar-refractivity contribution in [2.24, 2.45) is 23.2 Å². The zero-order valence-electron chi connectivity index (χ0n) is 15.4. The third-order valence-corrected chi connectivity index (χ3v) is 6.23. The van der Waals surface area contributed by atoms with Crippen molar-refractivity contribution in [3.63, 3.8) is 0 Å². The quantitative estimate of drug-likeness (QED) is 0.710. The van der Waals surface area contributed by atoms with Crippen molar-refractivity contribution in [2.75, 3.05) is 26.7 Å². The van der Waals surface area contributed by atoms with E-state index in [1.807, 2.05) is 0 Å². The van der Waals surface area contributed by atoms with Crippen molar-refractivity contribution >= 4 is 17.8 Å². The summed E-state index contributed by atoms with van der Waals surface area (Å²) >= 11 is 0. The van der Waals surface area contributed by atoms with E-state index in [-0.39, 0.29) is 30.3 Å². The molecule has 1 N–H and O–H groups in total. The number of hydrogen-bond donors (Lipinski definition) is 1. The van der Waals surface area contributed by atoms with E-state index < -0.39 is 5.97 Å². The third kappa shape index (κ3) is 4.33. The predicted molar refractivity (Wildman–Crippen MR) is 92.5 cm³/mol. The van der Waals surface area contributed by atoms with E-state index in [0.717, 1.165) is 17.8 Å². The van der Waals surface area contributed by atoms with E-state index in [1.165, 1.54) is 43.4 Å². The van der Waals surface area contributed by atoms with Crippen LogP contribution in [0, 0.1) is 23.2 Å². The van der Waals surface area contributed by atoms with Crippen molar-refractivity contribution in [3.05, 3.63) is 0 Å². The monoisotopic (exact) mass is 350 g/mol. The first-order valence-electron chi connectivity index (χ1n) is 9.55. The number of carbonyl (C=O) groups excluding carboxylic acids is 3. The van der Waals surface area contributed by atoms with Crippen molar-refractivity contribution < 1.29 is 19.1 Å². The Kier molecular flexibility index (Phi) is 5.35. The number of carbonyl (C=O) groups is 3. The number of nitrogens with zero attached hydrogens (tertiary/aromatic N) is 1. The van der Waals surface area contributed by atoms with Crippen LogP contribution in [0.4, 0.5) is 0 Å². The van der Waals surface area contributed by atoms with Crippen LogP contribution in [0.5, 0.6) is 0 Å². The minimum Gasteiger partial charge on any atom is -0.465 e.